The zero-order valence-electron chi connectivity index (χ0n) is 6.95. The van der Waals surface area contributed by atoms with E-state index in [9.17, 15) is 26.3 Å². The lowest BCUT2D eigenvalue weighted by Crippen LogP contribution is -2.53. The fraction of sp³-hybridized carbons (Fsp3) is 1.00. The molecule has 2 unspecified atom stereocenters. The maximum absolute atomic E-state index is 11.9. The van der Waals surface area contributed by atoms with E-state index in [1.807, 2.05) is 0 Å². The molecule has 0 spiro atoms. The normalized spacial score (nSPS) is 20.4. The Kier molecular flexibility index (Phi) is 3.45. The van der Waals surface area contributed by atoms with Crippen LogP contribution in [0.5, 0.6) is 0 Å². The Bertz CT molecular complexity index is 193. The average molecular weight is 226 g/mol. The van der Waals surface area contributed by atoms with Gasteiger partial charge in [0.25, 0.3) is 0 Å². The molecule has 0 saturated carbocycles. The van der Waals surface area contributed by atoms with Gasteiger partial charge in [-0.05, 0) is 6.92 Å². The summed E-state index contributed by atoms with van der Waals surface area (Å²) in [4.78, 5) is 0. The number of aliphatic hydroxyl groups is 2. The molecule has 2 atom stereocenters. The molecule has 8 heteroatoms. The number of alkyl halides is 6. The van der Waals surface area contributed by atoms with Crippen molar-refractivity contribution in [3.8, 4) is 0 Å². The van der Waals surface area contributed by atoms with Crippen LogP contribution in [0.15, 0.2) is 0 Å². The van der Waals surface area contributed by atoms with E-state index < -0.39 is 30.5 Å². The van der Waals surface area contributed by atoms with E-state index in [-0.39, 0.29) is 6.92 Å². The van der Waals surface area contributed by atoms with Gasteiger partial charge >= 0.3 is 12.4 Å². The summed E-state index contributed by atoms with van der Waals surface area (Å²) in [5, 5.41) is 17.2. The molecule has 2 N–H and O–H groups in total. The van der Waals surface area contributed by atoms with Crippen molar-refractivity contribution in [1.29, 1.82) is 0 Å². The van der Waals surface area contributed by atoms with Crippen molar-refractivity contribution in [3.63, 3.8) is 0 Å². The summed E-state index contributed by atoms with van der Waals surface area (Å²) >= 11 is 0. The third-order valence-electron chi connectivity index (χ3n) is 1.65. The van der Waals surface area contributed by atoms with Crippen LogP contribution >= 0.6 is 0 Å². The highest BCUT2D eigenvalue weighted by atomic mass is 19.4. The fourth-order valence-electron chi connectivity index (χ4n) is 0.607. The third kappa shape index (κ3) is 3.33. The molecule has 0 heterocycles. The van der Waals surface area contributed by atoms with Crippen LogP contribution < -0.4 is 0 Å². The van der Waals surface area contributed by atoms with E-state index >= 15 is 0 Å². The van der Waals surface area contributed by atoms with E-state index in [1.165, 1.54) is 0 Å². The van der Waals surface area contributed by atoms with Crippen LogP contribution in [0.25, 0.3) is 0 Å². The van der Waals surface area contributed by atoms with Crippen LogP contribution in [0.3, 0.4) is 0 Å². The van der Waals surface area contributed by atoms with Crippen LogP contribution in [0, 0.1) is 0 Å². The van der Waals surface area contributed by atoms with Crippen LogP contribution in [0.1, 0.15) is 13.3 Å². The predicted molar refractivity (Wildman–Crippen MR) is 33.4 cm³/mol. The maximum Gasteiger partial charge on any atom is 0.419 e. The lowest BCUT2D eigenvalue weighted by molar-refractivity contribution is -0.294. The average Bonchev–Trinajstić information content (AvgIpc) is 1.80. The van der Waals surface area contributed by atoms with Gasteiger partial charge < -0.3 is 10.2 Å². The summed E-state index contributed by atoms with van der Waals surface area (Å²) in [6.45, 7) is 0.0867. The fourth-order valence-corrected chi connectivity index (χ4v) is 0.607. The Morgan fingerprint density at radius 1 is 1.07 bits per heavy atom. The van der Waals surface area contributed by atoms with Gasteiger partial charge in [0, 0.05) is 0 Å². The van der Waals surface area contributed by atoms with Crippen molar-refractivity contribution in [3.05, 3.63) is 0 Å². The zero-order valence-corrected chi connectivity index (χ0v) is 6.95. The van der Waals surface area contributed by atoms with Gasteiger partial charge in [-0.2, -0.15) is 26.3 Å². The van der Waals surface area contributed by atoms with Crippen LogP contribution in [-0.2, 0) is 0 Å². The number of aliphatic hydroxyl groups excluding tert-OH is 1. The van der Waals surface area contributed by atoms with Crippen molar-refractivity contribution >= 4 is 0 Å². The van der Waals surface area contributed by atoms with Crippen molar-refractivity contribution < 1.29 is 36.6 Å². The molecule has 0 amide bonds. The molecular formula is C6H8F6O2. The largest absolute Gasteiger partial charge is 0.419 e. The molecule has 0 fully saturated rings. The Morgan fingerprint density at radius 3 is 1.64 bits per heavy atom. The van der Waals surface area contributed by atoms with Crippen molar-refractivity contribution in [1.82, 2.24) is 0 Å². The van der Waals surface area contributed by atoms with E-state index in [0.717, 1.165) is 0 Å². The Labute approximate surface area is 75.1 Å². The molecule has 14 heavy (non-hydrogen) atoms. The second kappa shape index (κ2) is 3.58. The molecule has 0 aromatic heterocycles. The minimum Gasteiger partial charge on any atom is -0.389 e. The van der Waals surface area contributed by atoms with Gasteiger partial charge in [0.15, 0.2) is 5.60 Å². The van der Waals surface area contributed by atoms with Crippen LogP contribution in [0.2, 0.25) is 0 Å². The number of halogens is 6. The standard InChI is InChI=1S/C6H8F6O2/c1-4(14,6(10,11)12)3(13)2-5(7,8)9/h3,13-14H,2H2,1H3. The summed E-state index contributed by atoms with van der Waals surface area (Å²) < 4.78 is 70.4. The van der Waals surface area contributed by atoms with Gasteiger partial charge in [-0.3, -0.25) is 0 Å². The molecule has 0 aromatic carbocycles. The quantitative estimate of drug-likeness (QED) is 0.702. The molecule has 0 aliphatic heterocycles. The summed E-state index contributed by atoms with van der Waals surface area (Å²) in [5.74, 6) is 0. The molecule has 0 radical (unpaired) electrons. The molecule has 0 aliphatic carbocycles. The summed E-state index contributed by atoms with van der Waals surface area (Å²) in [7, 11) is 0. The first-order chi connectivity index (χ1) is 5.88. The van der Waals surface area contributed by atoms with E-state index in [4.69, 9.17) is 10.2 Å². The zero-order chi connectivity index (χ0) is 11.8. The number of hydrogen-bond donors (Lipinski definition) is 2. The molecule has 0 rings (SSSR count). The Morgan fingerprint density at radius 2 is 1.43 bits per heavy atom. The monoisotopic (exact) mass is 226 g/mol. The van der Waals surface area contributed by atoms with E-state index in [0.29, 0.717) is 0 Å². The lowest BCUT2D eigenvalue weighted by Gasteiger charge is -2.31. The van der Waals surface area contributed by atoms with Crippen molar-refractivity contribution in [2.75, 3.05) is 0 Å². The van der Waals surface area contributed by atoms with Gasteiger partial charge in [-0.1, -0.05) is 0 Å². The smallest absolute Gasteiger partial charge is 0.389 e. The summed E-state index contributed by atoms with van der Waals surface area (Å²) in [5.41, 5.74) is -3.76. The minimum atomic E-state index is -5.31. The van der Waals surface area contributed by atoms with E-state index in [2.05, 4.69) is 0 Å². The minimum absolute atomic E-state index is 0.0867. The molecular weight excluding hydrogens is 218 g/mol. The second-order valence-corrected chi connectivity index (χ2v) is 2.98. The summed E-state index contributed by atoms with van der Waals surface area (Å²) in [6, 6.07) is 0. The second-order valence-electron chi connectivity index (χ2n) is 2.98. The van der Waals surface area contributed by atoms with Gasteiger partial charge in [-0.25, -0.2) is 0 Å². The van der Waals surface area contributed by atoms with Crippen molar-refractivity contribution in [2.24, 2.45) is 0 Å². The highest BCUT2D eigenvalue weighted by Crippen LogP contribution is 2.36. The van der Waals surface area contributed by atoms with Crippen molar-refractivity contribution in [2.45, 2.75) is 37.4 Å². The first-order valence-corrected chi connectivity index (χ1v) is 3.42. The van der Waals surface area contributed by atoms with E-state index in [1.54, 1.807) is 0 Å². The molecule has 0 aromatic rings. The van der Waals surface area contributed by atoms with Gasteiger partial charge in [-0.15, -0.1) is 0 Å². The van der Waals surface area contributed by atoms with Gasteiger partial charge in [0.2, 0.25) is 0 Å². The molecule has 0 saturated heterocycles. The highest BCUT2D eigenvalue weighted by molar-refractivity contribution is 4.90. The Balaban J connectivity index is 4.61. The Hall–Kier alpha value is -0.500. The van der Waals surface area contributed by atoms with Gasteiger partial charge in [0.05, 0.1) is 6.42 Å². The first-order valence-electron chi connectivity index (χ1n) is 3.42. The third-order valence-corrected chi connectivity index (χ3v) is 1.65. The van der Waals surface area contributed by atoms with Gasteiger partial charge in [0.1, 0.15) is 6.10 Å². The molecule has 86 valence electrons. The number of rotatable bonds is 2. The lowest BCUT2D eigenvalue weighted by atomic mass is 9.96. The van der Waals surface area contributed by atoms with Crippen LogP contribution in [-0.4, -0.2) is 34.3 Å². The maximum atomic E-state index is 11.9. The predicted octanol–water partition coefficient (Wildman–Crippen LogP) is 1.61. The molecule has 0 aliphatic rings. The molecule has 2 nitrogen and oxygen atoms in total. The number of hydrogen-bond acceptors (Lipinski definition) is 2. The van der Waals surface area contributed by atoms with Crippen LogP contribution in [0.4, 0.5) is 26.3 Å². The first kappa shape index (κ1) is 13.5. The summed E-state index contributed by atoms with van der Waals surface area (Å²) in [6.07, 6.45) is -15.3. The topological polar surface area (TPSA) is 40.5 Å². The SMILES string of the molecule is CC(O)(C(O)CC(F)(F)F)C(F)(F)F. The molecule has 0 bridgehead atoms. The highest BCUT2D eigenvalue weighted by Gasteiger charge is 2.56.